The molecule has 1 aromatic rings. The summed E-state index contributed by atoms with van der Waals surface area (Å²) in [6.45, 7) is 3.73. The molecule has 2 rings (SSSR count). The highest BCUT2D eigenvalue weighted by atomic mass is 16.5. The van der Waals surface area contributed by atoms with Crippen molar-refractivity contribution in [3.63, 3.8) is 0 Å². The van der Waals surface area contributed by atoms with E-state index in [2.05, 4.69) is 17.3 Å². The Morgan fingerprint density at radius 2 is 2.47 bits per heavy atom. The molecule has 17 heavy (non-hydrogen) atoms. The average Bonchev–Trinajstić information content (AvgIpc) is 2.65. The van der Waals surface area contributed by atoms with Gasteiger partial charge >= 0.3 is 0 Å². The second-order valence-electron chi connectivity index (χ2n) is 4.33. The van der Waals surface area contributed by atoms with Gasteiger partial charge in [0.05, 0.1) is 12.4 Å². The molecular weight excluding hydrogens is 218 g/mol. The number of carbonyl (C=O) groups excluding carboxylic acids is 1. The third-order valence-electron chi connectivity index (χ3n) is 2.83. The topological polar surface area (TPSA) is 56.1 Å². The highest BCUT2D eigenvalue weighted by Gasteiger charge is 2.22. The first-order valence-electron chi connectivity index (χ1n) is 6.26. The van der Waals surface area contributed by atoms with Crippen LogP contribution in [0.1, 0.15) is 32.6 Å². The van der Waals surface area contributed by atoms with Crippen LogP contribution >= 0.6 is 0 Å². The molecule has 1 atom stereocenters. The van der Waals surface area contributed by atoms with E-state index in [-0.39, 0.29) is 12.0 Å². The Bertz CT molecular complexity index is 376. The van der Waals surface area contributed by atoms with Gasteiger partial charge in [0.15, 0.2) is 11.9 Å². The molecule has 0 bridgehead atoms. The summed E-state index contributed by atoms with van der Waals surface area (Å²) in [7, 11) is 0. The van der Waals surface area contributed by atoms with E-state index in [0.29, 0.717) is 5.75 Å². The second kappa shape index (κ2) is 5.70. The number of hydrogen-bond acceptors (Lipinski definition) is 3. The van der Waals surface area contributed by atoms with Crippen LogP contribution in [0.4, 0.5) is 0 Å². The van der Waals surface area contributed by atoms with Crippen LogP contribution in [0, 0.1) is 0 Å². The van der Waals surface area contributed by atoms with Crippen LogP contribution in [-0.4, -0.2) is 28.3 Å². The standard InChI is InChI=1S/C12H19N3O2/c1-2-7-15-9-10(8-14-15)17-11-5-3-4-6-13-12(11)16/h8-9,11H,2-7H2,1H3,(H,13,16). The Morgan fingerprint density at radius 3 is 3.29 bits per heavy atom. The van der Waals surface area contributed by atoms with Gasteiger partial charge < -0.3 is 10.1 Å². The van der Waals surface area contributed by atoms with Crippen molar-refractivity contribution >= 4 is 5.91 Å². The minimum Gasteiger partial charge on any atom is -0.477 e. The molecule has 94 valence electrons. The number of rotatable bonds is 4. The van der Waals surface area contributed by atoms with Crippen molar-refractivity contribution in [2.45, 2.75) is 45.3 Å². The number of aromatic nitrogens is 2. The summed E-state index contributed by atoms with van der Waals surface area (Å²) in [5.74, 6) is 0.672. The van der Waals surface area contributed by atoms with E-state index in [4.69, 9.17) is 4.74 Å². The fraction of sp³-hybridized carbons (Fsp3) is 0.667. The maximum absolute atomic E-state index is 11.7. The highest BCUT2D eigenvalue weighted by Crippen LogP contribution is 2.15. The SMILES string of the molecule is CCCn1cc(OC2CCCCNC2=O)cn1. The quantitative estimate of drug-likeness (QED) is 0.859. The minimum atomic E-state index is -0.364. The van der Waals surface area contributed by atoms with Crippen molar-refractivity contribution in [1.82, 2.24) is 15.1 Å². The first-order valence-corrected chi connectivity index (χ1v) is 6.26. The first-order chi connectivity index (χ1) is 8.29. The van der Waals surface area contributed by atoms with Gasteiger partial charge in [0.1, 0.15) is 0 Å². The Morgan fingerprint density at radius 1 is 1.59 bits per heavy atom. The van der Waals surface area contributed by atoms with E-state index in [1.165, 1.54) is 0 Å². The van der Waals surface area contributed by atoms with E-state index in [1.54, 1.807) is 6.20 Å². The maximum Gasteiger partial charge on any atom is 0.261 e. The van der Waals surface area contributed by atoms with Crippen molar-refractivity contribution in [3.05, 3.63) is 12.4 Å². The zero-order valence-electron chi connectivity index (χ0n) is 10.2. The number of carbonyl (C=O) groups is 1. The molecule has 1 N–H and O–H groups in total. The lowest BCUT2D eigenvalue weighted by Gasteiger charge is -2.13. The first kappa shape index (κ1) is 12.0. The molecule has 5 nitrogen and oxygen atoms in total. The monoisotopic (exact) mass is 237 g/mol. The van der Waals surface area contributed by atoms with Gasteiger partial charge in [-0.05, 0) is 25.7 Å². The molecule has 5 heteroatoms. The molecule has 1 saturated heterocycles. The predicted octanol–water partition coefficient (Wildman–Crippen LogP) is 1.34. The van der Waals surface area contributed by atoms with Crippen molar-refractivity contribution < 1.29 is 9.53 Å². The van der Waals surface area contributed by atoms with Crippen LogP contribution in [0.3, 0.4) is 0 Å². The fourth-order valence-corrected chi connectivity index (χ4v) is 1.94. The van der Waals surface area contributed by atoms with Gasteiger partial charge in [0, 0.05) is 13.1 Å². The summed E-state index contributed by atoms with van der Waals surface area (Å²) in [6.07, 6.45) is 7.02. The number of hydrogen-bond donors (Lipinski definition) is 1. The molecule has 0 radical (unpaired) electrons. The van der Waals surface area contributed by atoms with E-state index in [0.717, 1.165) is 38.8 Å². The normalized spacial score (nSPS) is 20.8. The van der Waals surface area contributed by atoms with Crippen molar-refractivity contribution in [1.29, 1.82) is 0 Å². The molecule has 1 aliphatic rings. The van der Waals surface area contributed by atoms with Gasteiger partial charge in [-0.3, -0.25) is 9.48 Å². The number of nitrogens with zero attached hydrogens (tertiary/aromatic N) is 2. The summed E-state index contributed by atoms with van der Waals surface area (Å²) < 4.78 is 7.52. The zero-order chi connectivity index (χ0) is 12.1. The van der Waals surface area contributed by atoms with Crippen LogP contribution < -0.4 is 10.1 Å². The lowest BCUT2D eigenvalue weighted by Crippen LogP contribution is -2.36. The van der Waals surface area contributed by atoms with Crippen molar-refractivity contribution in [2.24, 2.45) is 0 Å². The molecule has 1 aliphatic heterocycles. The van der Waals surface area contributed by atoms with Crippen LogP contribution in [0.15, 0.2) is 12.4 Å². The third kappa shape index (κ3) is 3.22. The number of amides is 1. The number of ether oxygens (including phenoxy) is 1. The summed E-state index contributed by atoms with van der Waals surface area (Å²) in [4.78, 5) is 11.7. The molecule has 0 aliphatic carbocycles. The fourth-order valence-electron chi connectivity index (χ4n) is 1.94. The smallest absolute Gasteiger partial charge is 0.261 e. The van der Waals surface area contributed by atoms with E-state index in [1.807, 2.05) is 10.9 Å². The number of nitrogens with one attached hydrogen (secondary N) is 1. The summed E-state index contributed by atoms with van der Waals surface area (Å²) in [6, 6.07) is 0. The van der Waals surface area contributed by atoms with Gasteiger partial charge in [-0.15, -0.1) is 0 Å². The molecular formula is C12H19N3O2. The molecule has 0 aromatic carbocycles. The zero-order valence-corrected chi connectivity index (χ0v) is 10.2. The van der Waals surface area contributed by atoms with Crippen LogP contribution in [0.25, 0.3) is 0 Å². The van der Waals surface area contributed by atoms with Gasteiger partial charge in [-0.1, -0.05) is 6.92 Å². The molecule has 1 unspecified atom stereocenters. The lowest BCUT2D eigenvalue weighted by molar-refractivity contribution is -0.127. The van der Waals surface area contributed by atoms with Gasteiger partial charge in [0.25, 0.3) is 5.91 Å². The van der Waals surface area contributed by atoms with Crippen molar-refractivity contribution in [3.8, 4) is 5.75 Å². The van der Waals surface area contributed by atoms with E-state index < -0.39 is 0 Å². The molecule has 1 fully saturated rings. The van der Waals surface area contributed by atoms with Gasteiger partial charge in [-0.25, -0.2) is 0 Å². The van der Waals surface area contributed by atoms with E-state index >= 15 is 0 Å². The minimum absolute atomic E-state index is 0.00857. The van der Waals surface area contributed by atoms with Crippen LogP contribution in [-0.2, 0) is 11.3 Å². The largest absolute Gasteiger partial charge is 0.477 e. The predicted molar refractivity (Wildman–Crippen MR) is 63.8 cm³/mol. The van der Waals surface area contributed by atoms with Gasteiger partial charge in [0.2, 0.25) is 0 Å². The second-order valence-corrected chi connectivity index (χ2v) is 4.33. The molecule has 0 saturated carbocycles. The maximum atomic E-state index is 11.7. The highest BCUT2D eigenvalue weighted by molar-refractivity contribution is 5.81. The summed E-state index contributed by atoms with van der Waals surface area (Å²) in [5.41, 5.74) is 0. The van der Waals surface area contributed by atoms with E-state index in [9.17, 15) is 4.79 Å². The average molecular weight is 237 g/mol. The Labute approximate surface area is 101 Å². The number of aryl methyl sites for hydroxylation is 1. The van der Waals surface area contributed by atoms with Gasteiger partial charge in [-0.2, -0.15) is 5.10 Å². The molecule has 0 spiro atoms. The van der Waals surface area contributed by atoms with Crippen LogP contribution in [0.5, 0.6) is 5.75 Å². The van der Waals surface area contributed by atoms with Crippen LogP contribution in [0.2, 0.25) is 0 Å². The van der Waals surface area contributed by atoms with Crippen molar-refractivity contribution in [2.75, 3.05) is 6.54 Å². The summed E-state index contributed by atoms with van der Waals surface area (Å²) >= 11 is 0. The third-order valence-corrected chi connectivity index (χ3v) is 2.83. The Kier molecular flexibility index (Phi) is 4.01. The lowest BCUT2D eigenvalue weighted by atomic mass is 10.2. The molecule has 2 heterocycles. The molecule has 1 amide bonds. The Balaban J connectivity index is 1.95. The molecule has 1 aromatic heterocycles. The summed E-state index contributed by atoms with van der Waals surface area (Å²) in [5, 5.41) is 7.04. The Hall–Kier alpha value is -1.52.